The van der Waals surface area contributed by atoms with E-state index in [2.05, 4.69) is 5.32 Å². The molecule has 0 saturated carbocycles. The lowest BCUT2D eigenvalue weighted by atomic mass is 10.1. The SMILES string of the molecule is NCc1cc(NC(=O)CN2CC(=O)NC2=O)cc(C(F)(F)F)c1. The Labute approximate surface area is 128 Å². The molecule has 1 aliphatic heterocycles. The average molecular weight is 330 g/mol. The number of imide groups is 1. The second-order valence-corrected chi connectivity index (χ2v) is 4.88. The highest BCUT2D eigenvalue weighted by Gasteiger charge is 2.32. The number of nitrogens with one attached hydrogen (secondary N) is 2. The molecule has 0 aromatic heterocycles. The Hall–Kier alpha value is -2.62. The van der Waals surface area contributed by atoms with Crippen molar-refractivity contribution in [2.24, 2.45) is 5.73 Å². The van der Waals surface area contributed by atoms with Crippen molar-refractivity contribution >= 4 is 23.5 Å². The molecule has 0 bridgehead atoms. The minimum atomic E-state index is -4.58. The predicted molar refractivity (Wildman–Crippen MR) is 73.1 cm³/mol. The zero-order chi connectivity index (χ0) is 17.2. The van der Waals surface area contributed by atoms with Gasteiger partial charge < -0.3 is 16.0 Å². The molecule has 0 radical (unpaired) electrons. The molecule has 0 atom stereocenters. The molecule has 0 aliphatic carbocycles. The number of amides is 4. The van der Waals surface area contributed by atoms with Gasteiger partial charge in [-0.05, 0) is 23.8 Å². The average Bonchev–Trinajstić information content (AvgIpc) is 2.75. The first kappa shape index (κ1) is 16.7. The molecule has 4 amide bonds. The van der Waals surface area contributed by atoms with Gasteiger partial charge in [0, 0.05) is 12.2 Å². The fourth-order valence-electron chi connectivity index (χ4n) is 2.03. The van der Waals surface area contributed by atoms with Crippen LogP contribution in [0.2, 0.25) is 0 Å². The van der Waals surface area contributed by atoms with Crippen LogP contribution in [0.5, 0.6) is 0 Å². The van der Waals surface area contributed by atoms with Crippen molar-refractivity contribution in [2.75, 3.05) is 18.4 Å². The molecule has 7 nitrogen and oxygen atoms in total. The summed E-state index contributed by atoms with van der Waals surface area (Å²) in [6.45, 7) is -0.857. The Kier molecular flexibility index (Phi) is 4.55. The summed E-state index contributed by atoms with van der Waals surface area (Å²) in [6.07, 6.45) is -4.58. The zero-order valence-corrected chi connectivity index (χ0v) is 11.7. The standard InChI is InChI=1S/C13H13F3N4O3/c14-13(15,16)8-1-7(4-17)2-9(3-8)18-10(21)5-20-6-11(22)19-12(20)23/h1-3H,4-6,17H2,(H,18,21)(H,19,22,23). The summed E-state index contributed by atoms with van der Waals surface area (Å²) in [5.41, 5.74) is 4.52. The minimum Gasteiger partial charge on any atom is -0.326 e. The number of alkyl halides is 3. The Morgan fingerprint density at radius 3 is 2.52 bits per heavy atom. The van der Waals surface area contributed by atoms with Gasteiger partial charge >= 0.3 is 12.2 Å². The number of carbonyl (C=O) groups excluding carboxylic acids is 3. The third-order valence-corrected chi connectivity index (χ3v) is 3.04. The van der Waals surface area contributed by atoms with Crippen LogP contribution >= 0.6 is 0 Å². The highest BCUT2D eigenvalue weighted by Crippen LogP contribution is 2.32. The molecule has 1 aromatic rings. The Bertz CT molecular complexity index is 660. The number of rotatable bonds is 4. The number of nitrogens with two attached hydrogens (primary N) is 1. The molecule has 10 heteroatoms. The Morgan fingerprint density at radius 1 is 1.30 bits per heavy atom. The van der Waals surface area contributed by atoms with Crippen molar-refractivity contribution in [3.8, 4) is 0 Å². The lowest BCUT2D eigenvalue weighted by molar-refractivity contribution is -0.137. The second kappa shape index (κ2) is 6.24. The van der Waals surface area contributed by atoms with Gasteiger partial charge in [-0.3, -0.25) is 14.9 Å². The highest BCUT2D eigenvalue weighted by molar-refractivity contribution is 6.04. The van der Waals surface area contributed by atoms with E-state index in [9.17, 15) is 27.6 Å². The smallest absolute Gasteiger partial charge is 0.326 e. The van der Waals surface area contributed by atoms with Crippen molar-refractivity contribution in [1.29, 1.82) is 0 Å². The lowest BCUT2D eigenvalue weighted by Crippen LogP contribution is -2.35. The largest absolute Gasteiger partial charge is 0.416 e. The first-order valence-electron chi connectivity index (χ1n) is 6.49. The summed E-state index contributed by atoms with van der Waals surface area (Å²) in [5.74, 6) is -1.27. The topological polar surface area (TPSA) is 105 Å². The van der Waals surface area contributed by atoms with Crippen molar-refractivity contribution < 1.29 is 27.6 Å². The van der Waals surface area contributed by atoms with Crippen molar-refractivity contribution in [3.05, 3.63) is 29.3 Å². The monoisotopic (exact) mass is 330 g/mol. The van der Waals surface area contributed by atoms with Crippen molar-refractivity contribution in [3.63, 3.8) is 0 Å². The van der Waals surface area contributed by atoms with E-state index in [4.69, 9.17) is 5.73 Å². The number of hydrogen-bond acceptors (Lipinski definition) is 4. The fraction of sp³-hybridized carbons (Fsp3) is 0.308. The van der Waals surface area contributed by atoms with E-state index in [-0.39, 0.29) is 24.3 Å². The number of hydrogen-bond donors (Lipinski definition) is 3. The molecular weight excluding hydrogens is 317 g/mol. The highest BCUT2D eigenvalue weighted by atomic mass is 19.4. The summed E-state index contributed by atoms with van der Waals surface area (Å²) in [4.78, 5) is 35.1. The predicted octanol–water partition coefficient (Wildman–Crippen LogP) is 0.654. The van der Waals surface area contributed by atoms with Crippen LogP contribution in [0.1, 0.15) is 11.1 Å². The third kappa shape index (κ3) is 4.19. The maximum absolute atomic E-state index is 12.8. The molecule has 1 saturated heterocycles. The van der Waals surface area contributed by atoms with Crippen LogP contribution in [0.25, 0.3) is 0 Å². The van der Waals surface area contributed by atoms with Crippen molar-refractivity contribution in [2.45, 2.75) is 12.7 Å². The van der Waals surface area contributed by atoms with E-state index >= 15 is 0 Å². The Balaban J connectivity index is 2.11. The summed E-state index contributed by atoms with van der Waals surface area (Å²) in [5, 5.41) is 4.25. The minimum absolute atomic E-state index is 0.0868. The van der Waals surface area contributed by atoms with Gasteiger partial charge in [-0.15, -0.1) is 0 Å². The van der Waals surface area contributed by atoms with Gasteiger partial charge in [0.2, 0.25) is 11.8 Å². The lowest BCUT2D eigenvalue weighted by Gasteiger charge is -2.15. The number of anilines is 1. The summed E-state index contributed by atoms with van der Waals surface area (Å²) < 4.78 is 38.4. The normalized spacial score (nSPS) is 14.9. The molecule has 1 fully saturated rings. The van der Waals surface area contributed by atoms with Crippen molar-refractivity contribution in [1.82, 2.24) is 10.2 Å². The van der Waals surface area contributed by atoms with Crippen LogP contribution in [0.4, 0.5) is 23.7 Å². The van der Waals surface area contributed by atoms with E-state index in [1.54, 1.807) is 0 Å². The first-order chi connectivity index (χ1) is 10.7. The quantitative estimate of drug-likeness (QED) is 0.705. The van der Waals surface area contributed by atoms with Crippen LogP contribution in [-0.2, 0) is 22.3 Å². The van der Waals surface area contributed by atoms with Crippen LogP contribution in [0, 0.1) is 0 Å². The maximum atomic E-state index is 12.8. The molecule has 1 aliphatic rings. The molecular formula is C13H13F3N4O3. The molecule has 1 aromatic carbocycles. The van der Waals surface area contributed by atoms with Crippen LogP contribution < -0.4 is 16.4 Å². The molecule has 23 heavy (non-hydrogen) atoms. The second-order valence-electron chi connectivity index (χ2n) is 4.88. The van der Waals surface area contributed by atoms with Gasteiger partial charge in [-0.2, -0.15) is 13.2 Å². The third-order valence-electron chi connectivity index (χ3n) is 3.04. The van der Waals surface area contributed by atoms with Gasteiger partial charge in [0.1, 0.15) is 13.1 Å². The molecule has 0 spiro atoms. The fourth-order valence-corrected chi connectivity index (χ4v) is 2.03. The molecule has 4 N–H and O–H groups in total. The number of carbonyl (C=O) groups is 3. The molecule has 0 unspecified atom stereocenters. The van der Waals surface area contributed by atoms with Crippen LogP contribution in [0.15, 0.2) is 18.2 Å². The molecule has 1 heterocycles. The number of urea groups is 1. The number of benzene rings is 1. The van der Waals surface area contributed by atoms with Gasteiger partial charge in [0.25, 0.3) is 0 Å². The summed E-state index contributed by atoms with van der Waals surface area (Å²) in [6, 6.07) is 2.24. The van der Waals surface area contributed by atoms with E-state index in [0.717, 1.165) is 17.0 Å². The number of halogens is 3. The van der Waals surface area contributed by atoms with Gasteiger partial charge in [0.15, 0.2) is 0 Å². The van der Waals surface area contributed by atoms with Crippen LogP contribution in [0.3, 0.4) is 0 Å². The molecule has 2 rings (SSSR count). The van der Waals surface area contributed by atoms with Gasteiger partial charge in [-0.1, -0.05) is 0 Å². The van der Waals surface area contributed by atoms with Crippen LogP contribution in [-0.4, -0.2) is 35.8 Å². The Morgan fingerprint density at radius 2 is 2.00 bits per heavy atom. The summed E-state index contributed by atoms with van der Waals surface area (Å²) in [7, 11) is 0. The van der Waals surface area contributed by atoms with E-state index in [0.29, 0.717) is 0 Å². The van der Waals surface area contributed by atoms with Gasteiger partial charge in [-0.25, -0.2) is 4.79 Å². The van der Waals surface area contributed by atoms with E-state index < -0.39 is 36.1 Å². The maximum Gasteiger partial charge on any atom is 0.416 e. The first-order valence-corrected chi connectivity index (χ1v) is 6.49. The summed E-state index contributed by atoms with van der Waals surface area (Å²) >= 11 is 0. The molecule has 124 valence electrons. The van der Waals surface area contributed by atoms with E-state index in [1.807, 2.05) is 5.32 Å². The zero-order valence-electron chi connectivity index (χ0n) is 11.7. The van der Waals surface area contributed by atoms with Gasteiger partial charge in [0.05, 0.1) is 5.56 Å². The number of nitrogens with zero attached hydrogens (tertiary/aromatic N) is 1. The van der Waals surface area contributed by atoms with E-state index in [1.165, 1.54) is 6.07 Å².